The molecule has 8 bridgehead atoms. The third kappa shape index (κ3) is 11.2. The van der Waals surface area contributed by atoms with E-state index in [0.29, 0.717) is 120 Å². The van der Waals surface area contributed by atoms with E-state index >= 15 is 0 Å². The lowest BCUT2D eigenvalue weighted by atomic mass is 9.75. The first-order chi connectivity index (χ1) is 43.5. The predicted octanol–water partition coefficient (Wildman–Crippen LogP) is 14.0. The van der Waals surface area contributed by atoms with Crippen LogP contribution in [0, 0.1) is 49.4 Å². The number of hydrogen-bond acceptors (Lipinski definition) is 12. The molecule has 8 aromatic rings. The minimum absolute atomic E-state index is 0.108. The second-order valence-corrected chi connectivity index (χ2v) is 22.1. The molecule has 88 heavy (non-hydrogen) atoms. The average Bonchev–Trinajstić information content (AvgIpc) is 0.878. The molecule has 0 amide bonds. The van der Waals surface area contributed by atoms with E-state index < -0.39 is 23.7 Å². The number of benzene rings is 8. The first-order valence-corrected chi connectivity index (χ1v) is 29.8. The van der Waals surface area contributed by atoms with Crippen LogP contribution in [-0.2, 0) is 25.7 Å². The molecule has 12 nitrogen and oxygen atoms in total. The summed E-state index contributed by atoms with van der Waals surface area (Å²) in [7, 11) is 0. The van der Waals surface area contributed by atoms with Crippen LogP contribution in [0.2, 0.25) is 0 Å². The second-order valence-electron chi connectivity index (χ2n) is 22.1. The quantitative estimate of drug-likeness (QED) is 0.0678. The molecule has 12 heteroatoms. The second kappa shape index (κ2) is 26.1. The van der Waals surface area contributed by atoms with Crippen LogP contribution in [0.5, 0.6) is 69.0 Å². The van der Waals surface area contributed by atoms with Crippen LogP contribution in [0.15, 0.2) is 146 Å². The Labute approximate surface area is 513 Å². The van der Waals surface area contributed by atoms with Gasteiger partial charge in [-0.25, -0.2) is 0 Å². The third-order valence-corrected chi connectivity index (χ3v) is 17.1. The Bertz CT molecular complexity index is 3380. The van der Waals surface area contributed by atoms with Gasteiger partial charge in [-0.05, 0) is 97.9 Å². The number of terminal acetylenes is 4. The molecular formula is C76H64O12. The van der Waals surface area contributed by atoms with E-state index in [1.165, 1.54) is 0 Å². The molecule has 0 aromatic heterocycles. The van der Waals surface area contributed by atoms with Crippen molar-refractivity contribution in [2.75, 3.05) is 53.6 Å². The van der Waals surface area contributed by atoms with Gasteiger partial charge in [0.1, 0.15) is 26.4 Å². The van der Waals surface area contributed by atoms with E-state index in [0.717, 1.165) is 66.8 Å². The number of ether oxygens (including phenoxy) is 12. The molecule has 13 rings (SSSR count). The van der Waals surface area contributed by atoms with Gasteiger partial charge in [0, 0.05) is 68.2 Å². The molecule has 5 aliphatic rings. The molecule has 8 aromatic carbocycles. The van der Waals surface area contributed by atoms with Crippen LogP contribution in [0.3, 0.4) is 0 Å². The van der Waals surface area contributed by atoms with Gasteiger partial charge in [0.15, 0.2) is 46.0 Å². The first-order valence-electron chi connectivity index (χ1n) is 29.8. The van der Waals surface area contributed by atoms with Gasteiger partial charge in [0.25, 0.3) is 0 Å². The van der Waals surface area contributed by atoms with Gasteiger partial charge in [-0.15, -0.1) is 25.7 Å². The molecule has 0 N–H and O–H groups in total. The summed E-state index contributed by atoms with van der Waals surface area (Å²) in [5, 5.41) is 0. The fraction of sp³-hybridized carbons (Fsp3) is 0.263. The fourth-order valence-corrected chi connectivity index (χ4v) is 13.2. The van der Waals surface area contributed by atoms with Crippen molar-refractivity contribution in [2.24, 2.45) is 0 Å². The van der Waals surface area contributed by atoms with Crippen molar-refractivity contribution in [1.82, 2.24) is 0 Å². The normalized spacial score (nSPS) is 16.8. The molecule has 0 spiro atoms. The zero-order valence-corrected chi connectivity index (χ0v) is 48.7. The van der Waals surface area contributed by atoms with Crippen molar-refractivity contribution in [3.63, 3.8) is 0 Å². The van der Waals surface area contributed by atoms with Crippen molar-refractivity contribution in [1.29, 1.82) is 0 Å². The van der Waals surface area contributed by atoms with E-state index in [2.05, 4.69) is 145 Å². The summed E-state index contributed by atoms with van der Waals surface area (Å²) in [6.07, 6.45) is 29.2. The zero-order valence-electron chi connectivity index (χ0n) is 48.7. The molecule has 0 unspecified atom stereocenters. The molecule has 4 heterocycles. The molecule has 1 aliphatic carbocycles. The van der Waals surface area contributed by atoms with Gasteiger partial charge < -0.3 is 56.8 Å². The van der Waals surface area contributed by atoms with Gasteiger partial charge in [-0.2, -0.15) is 0 Å². The van der Waals surface area contributed by atoms with Crippen LogP contribution in [0.1, 0.15) is 116 Å². The van der Waals surface area contributed by atoms with Crippen molar-refractivity contribution in [2.45, 2.75) is 75.0 Å². The number of hydrogen-bond donors (Lipinski definition) is 0. The molecule has 4 aliphatic heterocycles. The Hall–Kier alpha value is -10.4. The minimum atomic E-state index is -0.503. The lowest BCUT2D eigenvalue weighted by molar-refractivity contribution is 0.0845. The van der Waals surface area contributed by atoms with Crippen molar-refractivity contribution < 1.29 is 56.8 Å². The van der Waals surface area contributed by atoms with Gasteiger partial charge in [0.2, 0.25) is 50.2 Å². The molecule has 0 atom stereocenters. The molecule has 0 saturated carbocycles. The van der Waals surface area contributed by atoms with Crippen molar-refractivity contribution >= 4 is 0 Å². The molecular weight excluding hydrogens is 1100 g/mol. The Kier molecular flexibility index (Phi) is 16.8. The summed E-state index contributed by atoms with van der Waals surface area (Å²) in [4.78, 5) is 0. The number of aryl methyl sites for hydroxylation is 4. The van der Waals surface area contributed by atoms with E-state index in [4.69, 9.17) is 82.5 Å². The Morgan fingerprint density at radius 3 is 0.636 bits per heavy atom. The maximum absolute atomic E-state index is 6.94. The highest BCUT2D eigenvalue weighted by atomic mass is 16.7. The molecule has 0 fully saturated rings. The maximum Gasteiger partial charge on any atom is 0.231 e. The lowest BCUT2D eigenvalue weighted by Gasteiger charge is -2.37. The average molecular weight is 1170 g/mol. The SMILES string of the molecule is C#CCOc1c2c3cc4c1OCOc1c(cc5c(c1OCC#C)OCOc1c(cc6c(c1OCC#C)OCOc1c(cc(c(c1OCC#C)OCO2)C3CCc1ccccc1)C6CCc1ccccc1)C5CCc1ccccc1)C4CCc1ccccc1. The highest BCUT2D eigenvalue weighted by Crippen LogP contribution is 2.62. The third-order valence-electron chi connectivity index (χ3n) is 17.1. The Morgan fingerprint density at radius 1 is 0.284 bits per heavy atom. The van der Waals surface area contributed by atoms with E-state index in [1.807, 2.05) is 24.3 Å². The summed E-state index contributed by atoms with van der Waals surface area (Å²) in [6.45, 7) is -1.58. The monoisotopic (exact) mass is 1170 g/mol. The van der Waals surface area contributed by atoms with Crippen molar-refractivity contribution in [3.05, 3.63) is 212 Å². The van der Waals surface area contributed by atoms with Crippen LogP contribution in [-0.4, -0.2) is 53.6 Å². The van der Waals surface area contributed by atoms with E-state index in [9.17, 15) is 0 Å². The largest absolute Gasteiger partial charge is 0.473 e. The van der Waals surface area contributed by atoms with Crippen LogP contribution in [0.4, 0.5) is 0 Å². The Balaban J connectivity index is 1.20. The van der Waals surface area contributed by atoms with Gasteiger partial charge in [-0.3, -0.25) is 0 Å². The molecule has 0 radical (unpaired) electrons. The van der Waals surface area contributed by atoms with Gasteiger partial charge in [-0.1, -0.05) is 145 Å². The highest BCUT2D eigenvalue weighted by molar-refractivity contribution is 5.74. The predicted molar refractivity (Wildman–Crippen MR) is 334 cm³/mol. The summed E-state index contributed by atoms with van der Waals surface area (Å²) >= 11 is 0. The van der Waals surface area contributed by atoms with E-state index in [-0.39, 0.29) is 53.6 Å². The van der Waals surface area contributed by atoms with Gasteiger partial charge in [0.05, 0.1) is 0 Å². The maximum atomic E-state index is 6.94. The summed E-state index contributed by atoms with van der Waals surface area (Å²) in [5.74, 6) is 13.4. The minimum Gasteiger partial charge on any atom is -0.473 e. The number of rotatable bonds is 20. The fourth-order valence-electron chi connectivity index (χ4n) is 13.2. The lowest BCUT2D eigenvalue weighted by Crippen LogP contribution is -2.25. The topological polar surface area (TPSA) is 111 Å². The first kappa shape index (κ1) is 56.7. The van der Waals surface area contributed by atoms with Crippen LogP contribution in [0.25, 0.3) is 0 Å². The summed E-state index contributed by atoms with van der Waals surface area (Å²) < 4.78 is 82.7. The molecule has 440 valence electrons. The van der Waals surface area contributed by atoms with E-state index in [1.54, 1.807) is 0 Å². The summed E-state index contributed by atoms with van der Waals surface area (Å²) in [5.41, 5.74) is 11.0. The zero-order chi connectivity index (χ0) is 59.8. The van der Waals surface area contributed by atoms with Crippen molar-refractivity contribution in [3.8, 4) is 118 Å². The summed E-state index contributed by atoms with van der Waals surface area (Å²) in [6, 6.07) is 50.6. The van der Waals surface area contributed by atoms with Crippen LogP contribution < -0.4 is 56.8 Å². The van der Waals surface area contributed by atoms with Gasteiger partial charge >= 0.3 is 0 Å². The standard InChI is InChI=1S/C76H64O12/c1-5-37-77-73-65-57-41-58-54(34-30-50-23-15-10-16-24-50)60-43-62-56(36-32-52-27-19-12-20-28-52)64-44-63-55(35-31-51-25-17-11-18-26-51)61-42-59(53(57)33-29-49-21-13-9-14-22-49)67(83-45-81-65)74(78-38-6-2)69(61)85-47-87-71(63)76(80-40-8-4)72(64)88-48-86-70(62)75(79-39-7-3)68(60)84-46-82-66(58)73/h1-4,9-28,41-44,53-56H,29-40,45-48H2. The smallest absolute Gasteiger partial charge is 0.231 e. The highest BCUT2D eigenvalue weighted by Gasteiger charge is 2.43. The van der Waals surface area contributed by atoms with Crippen LogP contribution >= 0.6 is 0 Å². The molecule has 0 saturated heterocycles. The Morgan fingerprint density at radius 2 is 0.466 bits per heavy atom.